The standard InChI is InChI=1S/C17H23F3N4O4/c1-11(22-16(26)27)10-28-23-15(25)8-12-4-6-24(7-5-12)14-3-2-13(9-21-14)17(18,19)20/h2-3,9,11-12,22H,4-8,10H2,1H3,(H,23,25)(H,26,27). The molecule has 28 heavy (non-hydrogen) atoms. The molecule has 3 N–H and O–H groups in total. The van der Waals surface area contributed by atoms with E-state index in [1.807, 2.05) is 4.90 Å². The lowest BCUT2D eigenvalue weighted by Crippen LogP contribution is -2.39. The van der Waals surface area contributed by atoms with Gasteiger partial charge >= 0.3 is 12.3 Å². The first-order valence-electron chi connectivity index (χ1n) is 8.83. The number of nitrogens with one attached hydrogen (secondary N) is 2. The van der Waals surface area contributed by atoms with Crippen molar-refractivity contribution in [2.45, 2.75) is 38.4 Å². The predicted octanol–water partition coefficient (Wildman–Crippen LogP) is 2.41. The minimum Gasteiger partial charge on any atom is -0.465 e. The van der Waals surface area contributed by atoms with Crippen LogP contribution < -0.4 is 15.7 Å². The van der Waals surface area contributed by atoms with Gasteiger partial charge in [0.15, 0.2) is 0 Å². The number of carboxylic acid groups (broad SMARTS) is 1. The zero-order chi connectivity index (χ0) is 20.7. The molecule has 1 atom stereocenters. The lowest BCUT2D eigenvalue weighted by atomic mass is 9.93. The lowest BCUT2D eigenvalue weighted by Gasteiger charge is -2.32. The molecule has 0 bridgehead atoms. The Labute approximate surface area is 160 Å². The van der Waals surface area contributed by atoms with Gasteiger partial charge in [-0.2, -0.15) is 13.2 Å². The number of pyridine rings is 1. The SMILES string of the molecule is CC(CONC(=O)CC1CCN(c2ccc(C(F)(F)F)cn2)CC1)NC(=O)O. The van der Waals surface area contributed by atoms with Crippen LogP contribution in [0.5, 0.6) is 0 Å². The van der Waals surface area contributed by atoms with Crippen LogP contribution in [0.1, 0.15) is 31.7 Å². The largest absolute Gasteiger partial charge is 0.465 e. The van der Waals surface area contributed by atoms with Crippen LogP contribution >= 0.6 is 0 Å². The summed E-state index contributed by atoms with van der Waals surface area (Å²) < 4.78 is 37.8. The smallest absolute Gasteiger partial charge is 0.417 e. The summed E-state index contributed by atoms with van der Waals surface area (Å²) >= 11 is 0. The van der Waals surface area contributed by atoms with Crippen LogP contribution in [-0.2, 0) is 15.8 Å². The van der Waals surface area contributed by atoms with Gasteiger partial charge < -0.3 is 15.3 Å². The van der Waals surface area contributed by atoms with E-state index in [9.17, 15) is 22.8 Å². The van der Waals surface area contributed by atoms with Crippen LogP contribution in [0.3, 0.4) is 0 Å². The summed E-state index contributed by atoms with van der Waals surface area (Å²) in [6, 6.07) is 1.91. The summed E-state index contributed by atoms with van der Waals surface area (Å²) in [5.41, 5.74) is 1.51. The number of piperidine rings is 1. The normalized spacial score (nSPS) is 16.5. The van der Waals surface area contributed by atoms with Gasteiger partial charge in [-0.15, -0.1) is 0 Å². The van der Waals surface area contributed by atoms with Crippen LogP contribution in [0.15, 0.2) is 18.3 Å². The first-order valence-corrected chi connectivity index (χ1v) is 8.83. The number of halogens is 3. The van der Waals surface area contributed by atoms with Crippen molar-refractivity contribution in [3.8, 4) is 0 Å². The van der Waals surface area contributed by atoms with E-state index in [0.717, 1.165) is 12.3 Å². The Bertz CT molecular complexity index is 661. The van der Waals surface area contributed by atoms with Crippen molar-refractivity contribution >= 4 is 17.8 Å². The first-order chi connectivity index (χ1) is 13.1. The fraction of sp³-hybridized carbons (Fsp3) is 0.588. The number of carbonyl (C=O) groups excluding carboxylic acids is 1. The third kappa shape index (κ3) is 6.87. The molecule has 1 fully saturated rings. The number of rotatable bonds is 7. The number of alkyl halides is 3. The molecule has 0 spiro atoms. The maximum atomic E-state index is 12.6. The molecule has 1 aromatic rings. The summed E-state index contributed by atoms with van der Waals surface area (Å²) in [7, 11) is 0. The third-order valence-corrected chi connectivity index (χ3v) is 4.38. The van der Waals surface area contributed by atoms with E-state index in [2.05, 4.69) is 15.8 Å². The van der Waals surface area contributed by atoms with Crippen LogP contribution in [0.25, 0.3) is 0 Å². The second-order valence-corrected chi connectivity index (χ2v) is 6.72. The van der Waals surface area contributed by atoms with Crippen molar-refractivity contribution in [3.63, 3.8) is 0 Å². The van der Waals surface area contributed by atoms with Gasteiger partial charge in [-0.25, -0.2) is 15.3 Å². The van der Waals surface area contributed by atoms with Crippen molar-refractivity contribution in [2.24, 2.45) is 5.92 Å². The average Bonchev–Trinajstić information content (AvgIpc) is 2.61. The fourth-order valence-corrected chi connectivity index (χ4v) is 2.91. The molecule has 1 aromatic heterocycles. The van der Waals surface area contributed by atoms with Crippen LogP contribution in [0.2, 0.25) is 0 Å². The molecule has 2 rings (SSSR count). The molecule has 8 nitrogen and oxygen atoms in total. The molecule has 0 aromatic carbocycles. The molecule has 1 unspecified atom stereocenters. The summed E-state index contributed by atoms with van der Waals surface area (Å²) in [6.45, 7) is 2.80. The average molecular weight is 404 g/mol. The highest BCUT2D eigenvalue weighted by Gasteiger charge is 2.31. The third-order valence-electron chi connectivity index (χ3n) is 4.38. The summed E-state index contributed by atoms with van der Waals surface area (Å²) in [4.78, 5) is 33.1. The molecular formula is C17H23F3N4O4. The lowest BCUT2D eigenvalue weighted by molar-refractivity contribution is -0.138. The van der Waals surface area contributed by atoms with Crippen LogP contribution in [0.4, 0.5) is 23.8 Å². The van der Waals surface area contributed by atoms with Gasteiger partial charge in [0.05, 0.1) is 18.2 Å². The van der Waals surface area contributed by atoms with Gasteiger partial charge in [0.25, 0.3) is 0 Å². The molecule has 11 heteroatoms. The maximum absolute atomic E-state index is 12.6. The van der Waals surface area contributed by atoms with E-state index in [1.54, 1.807) is 6.92 Å². The zero-order valence-corrected chi connectivity index (χ0v) is 15.3. The summed E-state index contributed by atoms with van der Waals surface area (Å²) in [5, 5.41) is 10.7. The summed E-state index contributed by atoms with van der Waals surface area (Å²) in [6.07, 6.45) is -3.09. The van der Waals surface area contributed by atoms with Gasteiger partial charge in [-0.05, 0) is 37.8 Å². The number of hydrogen-bond acceptors (Lipinski definition) is 5. The highest BCUT2D eigenvalue weighted by atomic mass is 19.4. The Morgan fingerprint density at radius 1 is 1.36 bits per heavy atom. The highest BCUT2D eigenvalue weighted by Crippen LogP contribution is 2.30. The number of hydrogen-bond donors (Lipinski definition) is 3. The van der Waals surface area contributed by atoms with Crippen LogP contribution in [0, 0.1) is 5.92 Å². The zero-order valence-electron chi connectivity index (χ0n) is 15.3. The van der Waals surface area contributed by atoms with Crippen molar-refractivity contribution < 1.29 is 32.7 Å². The van der Waals surface area contributed by atoms with Crippen molar-refractivity contribution in [2.75, 3.05) is 24.6 Å². The number of nitrogens with zero attached hydrogens (tertiary/aromatic N) is 2. The first kappa shape index (κ1) is 21.7. The minimum absolute atomic E-state index is 0.00999. The van der Waals surface area contributed by atoms with E-state index >= 15 is 0 Å². The van der Waals surface area contributed by atoms with Gasteiger partial charge in [-0.1, -0.05) is 0 Å². The molecule has 1 saturated heterocycles. The fourth-order valence-electron chi connectivity index (χ4n) is 2.91. The number of aromatic nitrogens is 1. The molecule has 1 aliphatic rings. The molecule has 0 saturated carbocycles. The van der Waals surface area contributed by atoms with E-state index in [-0.39, 0.29) is 24.9 Å². The number of hydroxylamine groups is 1. The minimum atomic E-state index is -4.41. The molecule has 0 aliphatic carbocycles. The number of carbonyl (C=O) groups is 2. The van der Waals surface area contributed by atoms with Crippen LogP contribution in [-0.4, -0.2) is 47.8 Å². The van der Waals surface area contributed by atoms with E-state index in [1.165, 1.54) is 6.07 Å². The second kappa shape index (κ2) is 9.58. The number of amides is 2. The van der Waals surface area contributed by atoms with Gasteiger partial charge in [-0.3, -0.25) is 9.63 Å². The van der Waals surface area contributed by atoms with Crippen molar-refractivity contribution in [3.05, 3.63) is 23.9 Å². The molecule has 0 radical (unpaired) electrons. The second-order valence-electron chi connectivity index (χ2n) is 6.72. The van der Waals surface area contributed by atoms with Crippen molar-refractivity contribution in [1.82, 2.24) is 15.8 Å². The Morgan fingerprint density at radius 2 is 2.04 bits per heavy atom. The highest BCUT2D eigenvalue weighted by molar-refractivity contribution is 5.75. The predicted molar refractivity (Wildman–Crippen MR) is 93.5 cm³/mol. The summed E-state index contributed by atoms with van der Waals surface area (Å²) in [5.74, 6) is 0.316. The molecule has 2 heterocycles. The van der Waals surface area contributed by atoms with Crippen molar-refractivity contribution in [1.29, 1.82) is 0 Å². The monoisotopic (exact) mass is 404 g/mol. The van der Waals surface area contributed by atoms with Gasteiger partial charge in [0.1, 0.15) is 5.82 Å². The Hall–Kier alpha value is -2.56. The van der Waals surface area contributed by atoms with E-state index in [0.29, 0.717) is 31.7 Å². The maximum Gasteiger partial charge on any atom is 0.417 e. The van der Waals surface area contributed by atoms with E-state index < -0.39 is 23.9 Å². The van der Waals surface area contributed by atoms with E-state index in [4.69, 9.17) is 9.94 Å². The Kier molecular flexibility index (Phi) is 7.44. The van der Waals surface area contributed by atoms with Gasteiger partial charge in [0, 0.05) is 25.7 Å². The number of anilines is 1. The Morgan fingerprint density at radius 3 is 2.57 bits per heavy atom. The molecule has 156 valence electrons. The molecule has 2 amide bonds. The topological polar surface area (TPSA) is 104 Å². The quantitative estimate of drug-likeness (QED) is 0.603. The Balaban J connectivity index is 1.70. The van der Waals surface area contributed by atoms with Gasteiger partial charge in [0.2, 0.25) is 5.91 Å². The molecule has 1 aliphatic heterocycles. The molecular weight excluding hydrogens is 381 g/mol.